The quantitative estimate of drug-likeness (QED) is 0.729. The number of benzene rings is 1. The van der Waals surface area contributed by atoms with E-state index in [-0.39, 0.29) is 0 Å². The van der Waals surface area contributed by atoms with Crippen LogP contribution in [-0.4, -0.2) is 22.9 Å². The van der Waals surface area contributed by atoms with Gasteiger partial charge in [-0.3, -0.25) is 0 Å². The van der Waals surface area contributed by atoms with Gasteiger partial charge >= 0.3 is 5.97 Å². The number of methoxy groups -OCH3 is 1. The van der Waals surface area contributed by atoms with Gasteiger partial charge in [0.2, 0.25) is 0 Å². The van der Waals surface area contributed by atoms with Crippen LogP contribution in [0.2, 0.25) is 0 Å². The van der Waals surface area contributed by atoms with Gasteiger partial charge in [-0.05, 0) is 24.3 Å². The summed E-state index contributed by atoms with van der Waals surface area (Å²) < 4.78 is 6.16. The summed E-state index contributed by atoms with van der Waals surface area (Å²) in [6.45, 7) is 0. The van der Waals surface area contributed by atoms with Gasteiger partial charge in [-0.1, -0.05) is 0 Å². The Hall–Kier alpha value is -2.61. The summed E-state index contributed by atoms with van der Waals surface area (Å²) in [5.41, 5.74) is 1.39. The number of carbonyl (C=O) groups is 1. The molecule has 0 bridgehead atoms. The SMILES string of the molecule is COC(=O)c1ccc(C#N)c(-n2cccn2)c1. The van der Waals surface area contributed by atoms with Crippen LogP contribution in [0.1, 0.15) is 15.9 Å². The van der Waals surface area contributed by atoms with E-state index in [0.29, 0.717) is 16.8 Å². The van der Waals surface area contributed by atoms with E-state index in [1.807, 2.05) is 0 Å². The summed E-state index contributed by atoms with van der Waals surface area (Å²) >= 11 is 0. The van der Waals surface area contributed by atoms with E-state index in [0.717, 1.165) is 0 Å². The minimum atomic E-state index is -0.442. The van der Waals surface area contributed by atoms with Crippen molar-refractivity contribution in [2.75, 3.05) is 7.11 Å². The molecule has 2 aromatic rings. The molecule has 2 rings (SSSR count). The van der Waals surface area contributed by atoms with E-state index in [9.17, 15) is 4.79 Å². The number of carbonyl (C=O) groups excluding carboxylic acids is 1. The highest BCUT2D eigenvalue weighted by atomic mass is 16.5. The van der Waals surface area contributed by atoms with Gasteiger partial charge in [0.05, 0.1) is 23.9 Å². The lowest BCUT2D eigenvalue weighted by molar-refractivity contribution is 0.0600. The van der Waals surface area contributed by atoms with Crippen LogP contribution in [0.4, 0.5) is 0 Å². The zero-order chi connectivity index (χ0) is 12.3. The number of ether oxygens (including phenoxy) is 1. The van der Waals surface area contributed by atoms with Gasteiger partial charge in [0.15, 0.2) is 0 Å². The van der Waals surface area contributed by atoms with Crippen molar-refractivity contribution in [1.82, 2.24) is 9.78 Å². The van der Waals surface area contributed by atoms with Crippen molar-refractivity contribution >= 4 is 5.97 Å². The summed E-state index contributed by atoms with van der Waals surface area (Å²) in [6.07, 6.45) is 3.31. The smallest absolute Gasteiger partial charge is 0.337 e. The summed E-state index contributed by atoms with van der Waals surface area (Å²) in [6, 6.07) is 8.50. The Balaban J connectivity index is 2.56. The molecule has 17 heavy (non-hydrogen) atoms. The molecule has 0 aliphatic rings. The van der Waals surface area contributed by atoms with Crippen molar-refractivity contribution < 1.29 is 9.53 Å². The van der Waals surface area contributed by atoms with E-state index in [1.54, 1.807) is 36.7 Å². The molecule has 0 N–H and O–H groups in total. The lowest BCUT2D eigenvalue weighted by Crippen LogP contribution is -2.05. The first-order chi connectivity index (χ1) is 8.26. The molecule has 5 nitrogen and oxygen atoms in total. The zero-order valence-electron chi connectivity index (χ0n) is 9.12. The molecule has 0 amide bonds. The first-order valence-electron chi connectivity index (χ1n) is 4.88. The molecular formula is C12H9N3O2. The fraction of sp³-hybridized carbons (Fsp3) is 0.0833. The molecule has 0 atom stereocenters. The van der Waals surface area contributed by atoms with Crippen LogP contribution < -0.4 is 0 Å². The van der Waals surface area contributed by atoms with Crippen molar-refractivity contribution in [3.63, 3.8) is 0 Å². The van der Waals surface area contributed by atoms with E-state index < -0.39 is 5.97 Å². The van der Waals surface area contributed by atoms with E-state index in [4.69, 9.17) is 5.26 Å². The molecular weight excluding hydrogens is 218 g/mol. The molecule has 1 heterocycles. The van der Waals surface area contributed by atoms with E-state index in [1.165, 1.54) is 11.8 Å². The fourth-order valence-corrected chi connectivity index (χ4v) is 1.47. The predicted octanol–water partition coefficient (Wildman–Crippen LogP) is 1.53. The monoisotopic (exact) mass is 227 g/mol. The molecule has 1 aromatic heterocycles. The first kappa shape index (κ1) is 10.9. The Morgan fingerprint density at radius 3 is 2.94 bits per heavy atom. The van der Waals surface area contributed by atoms with Gasteiger partial charge in [0.1, 0.15) is 6.07 Å². The second kappa shape index (κ2) is 4.49. The predicted molar refractivity (Wildman–Crippen MR) is 59.6 cm³/mol. The van der Waals surface area contributed by atoms with Crippen molar-refractivity contribution in [2.24, 2.45) is 0 Å². The number of esters is 1. The van der Waals surface area contributed by atoms with E-state index in [2.05, 4.69) is 15.9 Å². The van der Waals surface area contributed by atoms with Gasteiger partial charge in [-0.15, -0.1) is 0 Å². The van der Waals surface area contributed by atoms with Gasteiger partial charge in [-0.2, -0.15) is 10.4 Å². The minimum Gasteiger partial charge on any atom is -0.465 e. The maximum absolute atomic E-state index is 11.4. The van der Waals surface area contributed by atoms with Crippen molar-refractivity contribution in [3.8, 4) is 11.8 Å². The molecule has 0 aliphatic carbocycles. The van der Waals surface area contributed by atoms with Crippen LogP contribution in [0.25, 0.3) is 5.69 Å². The molecule has 5 heteroatoms. The van der Waals surface area contributed by atoms with Gasteiger partial charge in [-0.25, -0.2) is 9.48 Å². The number of nitrogens with zero attached hydrogens (tertiary/aromatic N) is 3. The Bertz CT molecular complexity index is 582. The maximum Gasteiger partial charge on any atom is 0.337 e. The van der Waals surface area contributed by atoms with Crippen LogP contribution in [0.3, 0.4) is 0 Å². The first-order valence-corrected chi connectivity index (χ1v) is 4.88. The summed E-state index contributed by atoms with van der Waals surface area (Å²) in [7, 11) is 1.31. The van der Waals surface area contributed by atoms with Crippen LogP contribution in [0.15, 0.2) is 36.7 Å². The molecule has 0 aliphatic heterocycles. The summed E-state index contributed by atoms with van der Waals surface area (Å²) in [4.78, 5) is 11.4. The normalized spacial score (nSPS) is 9.65. The molecule has 0 saturated carbocycles. The topological polar surface area (TPSA) is 67.9 Å². The Morgan fingerprint density at radius 1 is 1.53 bits per heavy atom. The molecule has 0 fully saturated rings. The maximum atomic E-state index is 11.4. The Labute approximate surface area is 97.9 Å². The average molecular weight is 227 g/mol. The lowest BCUT2D eigenvalue weighted by atomic mass is 10.1. The lowest BCUT2D eigenvalue weighted by Gasteiger charge is -2.06. The molecule has 0 spiro atoms. The third-order valence-corrected chi connectivity index (χ3v) is 2.29. The standard InChI is InChI=1S/C12H9N3O2/c1-17-12(16)9-3-4-10(8-13)11(7-9)15-6-2-5-14-15/h2-7H,1H3. The molecule has 0 saturated heterocycles. The highest BCUT2D eigenvalue weighted by Crippen LogP contribution is 2.16. The number of hydrogen-bond acceptors (Lipinski definition) is 4. The molecule has 1 aromatic carbocycles. The summed E-state index contributed by atoms with van der Waals surface area (Å²) in [5.74, 6) is -0.442. The van der Waals surface area contributed by atoms with Crippen LogP contribution in [-0.2, 0) is 4.74 Å². The average Bonchev–Trinajstić information content (AvgIpc) is 2.90. The number of hydrogen-bond donors (Lipinski definition) is 0. The number of aromatic nitrogens is 2. The van der Waals surface area contributed by atoms with Crippen LogP contribution in [0.5, 0.6) is 0 Å². The van der Waals surface area contributed by atoms with Crippen molar-refractivity contribution in [1.29, 1.82) is 5.26 Å². The van der Waals surface area contributed by atoms with Crippen molar-refractivity contribution in [2.45, 2.75) is 0 Å². The second-order valence-corrected chi connectivity index (χ2v) is 3.29. The van der Waals surface area contributed by atoms with Crippen LogP contribution >= 0.6 is 0 Å². The third-order valence-electron chi connectivity index (χ3n) is 2.29. The molecule has 0 unspecified atom stereocenters. The molecule has 84 valence electrons. The largest absolute Gasteiger partial charge is 0.465 e. The van der Waals surface area contributed by atoms with Gasteiger partial charge in [0, 0.05) is 12.4 Å². The fourth-order valence-electron chi connectivity index (χ4n) is 1.47. The van der Waals surface area contributed by atoms with Crippen LogP contribution in [0, 0.1) is 11.3 Å². The Morgan fingerprint density at radius 2 is 2.35 bits per heavy atom. The number of nitriles is 1. The minimum absolute atomic E-state index is 0.386. The second-order valence-electron chi connectivity index (χ2n) is 3.29. The molecule has 0 radical (unpaired) electrons. The van der Waals surface area contributed by atoms with Crippen molar-refractivity contribution in [3.05, 3.63) is 47.8 Å². The van der Waals surface area contributed by atoms with Gasteiger partial charge in [0.25, 0.3) is 0 Å². The zero-order valence-corrected chi connectivity index (χ0v) is 9.12. The number of rotatable bonds is 2. The van der Waals surface area contributed by atoms with Gasteiger partial charge < -0.3 is 4.74 Å². The van der Waals surface area contributed by atoms with E-state index >= 15 is 0 Å². The summed E-state index contributed by atoms with van der Waals surface area (Å²) in [5, 5.41) is 13.0. The highest BCUT2D eigenvalue weighted by molar-refractivity contribution is 5.90. The Kier molecular flexibility index (Phi) is 2.88. The highest BCUT2D eigenvalue weighted by Gasteiger charge is 2.11. The third kappa shape index (κ3) is 2.01.